The maximum absolute atomic E-state index is 9.24. The maximum Gasteiger partial charge on any atom is 0.318 e. The number of hydrogen-bond donors (Lipinski definition) is 2. The molecule has 7 heavy (non-hydrogen) atoms. The van der Waals surface area contributed by atoms with Crippen molar-refractivity contribution in [3.8, 4) is 0 Å². The van der Waals surface area contributed by atoms with Crippen LogP contribution in [0.1, 0.15) is 0 Å². The van der Waals surface area contributed by atoms with Gasteiger partial charge in [-0.1, -0.05) is 0 Å². The number of halogens is 1. The van der Waals surface area contributed by atoms with Crippen molar-refractivity contribution in [1.29, 1.82) is 0 Å². The Morgan fingerprint density at radius 1 is 1.86 bits per heavy atom. The van der Waals surface area contributed by atoms with Crippen LogP contribution >= 0.6 is 11.6 Å². The molecule has 0 rings (SSSR count). The van der Waals surface area contributed by atoms with E-state index in [1.807, 2.05) is 0 Å². The lowest BCUT2D eigenvalue weighted by atomic mass is 10.8. The van der Waals surface area contributed by atoms with Crippen LogP contribution in [0.3, 0.4) is 0 Å². The molecule has 0 fully saturated rings. The van der Waals surface area contributed by atoms with E-state index in [-0.39, 0.29) is 5.88 Å². The summed E-state index contributed by atoms with van der Waals surface area (Å²) in [5.41, 5.74) is 4.50. The van der Waals surface area contributed by atoms with Crippen LogP contribution in [0, 0.1) is 0 Å². The average Bonchev–Trinajstić information content (AvgIpc) is 1.73. The number of carbonyl (C=O) groups is 1. The molecule has 0 heterocycles. The van der Waals surface area contributed by atoms with E-state index in [9.17, 15) is 4.79 Å². The summed E-state index contributed by atoms with van der Waals surface area (Å²) in [6.45, 7) is 0. The minimum Gasteiger partial charge on any atom is -0.480 e. The van der Waals surface area contributed by atoms with E-state index in [4.69, 9.17) is 16.7 Å². The van der Waals surface area contributed by atoms with Gasteiger partial charge in [0.15, 0.2) is 0 Å². The summed E-state index contributed by atoms with van der Waals surface area (Å²) >= 11 is 4.74. The highest BCUT2D eigenvalue weighted by molar-refractivity contribution is 6.26. The van der Waals surface area contributed by atoms with Crippen LogP contribution in [0.5, 0.6) is 0 Å². The highest BCUT2D eigenvalue weighted by atomic mass is 35.5. The molecule has 0 bridgehead atoms. The number of carboxylic acid groups (broad SMARTS) is 1. The summed E-state index contributed by atoms with van der Waals surface area (Å²) in [6, 6.07) is 0. The predicted molar refractivity (Wildman–Crippen MR) is 28.5 cm³/mol. The zero-order chi connectivity index (χ0) is 6.28. The van der Waals surface area contributed by atoms with Gasteiger partial charge < -0.3 is 10.8 Å². The lowest BCUT2D eigenvalue weighted by Crippen LogP contribution is -1.92. The molecule has 0 aliphatic heterocycles. The Labute approximate surface area is 47.1 Å². The molecule has 0 aliphatic rings. The summed E-state index contributed by atoms with van der Waals surface area (Å²) in [6.07, 6.45) is 0. The molecule has 0 amide bonds. The lowest BCUT2D eigenvalue weighted by Gasteiger charge is -1.69. The quantitative estimate of drug-likeness (QED) is 0.481. The van der Waals surface area contributed by atoms with Crippen molar-refractivity contribution >= 4 is 17.6 Å². The van der Waals surface area contributed by atoms with E-state index in [1.54, 1.807) is 0 Å². The highest BCUT2D eigenvalue weighted by Crippen LogP contribution is 1.67. The number of nitrogens with two attached hydrogens (primary N) is 1. The zero-order valence-electron chi connectivity index (χ0n) is 4.02. The topological polar surface area (TPSA) is 63.3 Å². The molecule has 3 N–H and O–H groups in total. The largest absolute Gasteiger partial charge is 0.480 e. The van der Waals surface area contributed by atoms with Gasteiger partial charge in [0.1, 0.15) is 5.88 Å². The first-order chi connectivity index (χ1) is 3.27. The summed E-state index contributed by atoms with van der Waals surface area (Å²) in [7, 11) is 1.50. The van der Waals surface area contributed by atoms with Gasteiger partial charge in [-0.15, -0.1) is 11.6 Å². The van der Waals surface area contributed by atoms with E-state index in [1.165, 1.54) is 7.05 Å². The number of hydrogen-bond acceptors (Lipinski definition) is 2. The van der Waals surface area contributed by atoms with Crippen molar-refractivity contribution < 1.29 is 9.90 Å². The summed E-state index contributed by atoms with van der Waals surface area (Å²) in [5, 5.41) is 7.59. The predicted octanol–water partition coefficient (Wildman–Crippen LogP) is -0.115. The zero-order valence-corrected chi connectivity index (χ0v) is 4.77. The number of rotatable bonds is 1. The second-order valence-corrected chi connectivity index (χ2v) is 0.795. The second-order valence-electron chi connectivity index (χ2n) is 0.527. The molecule has 0 radical (unpaired) electrons. The Morgan fingerprint density at radius 3 is 2.00 bits per heavy atom. The SMILES string of the molecule is CN.O=C(O)CCl. The average molecular weight is 126 g/mol. The molecular formula is C3H8ClNO2. The van der Waals surface area contributed by atoms with Gasteiger partial charge in [0.2, 0.25) is 0 Å². The van der Waals surface area contributed by atoms with E-state index in [2.05, 4.69) is 5.73 Å². The maximum atomic E-state index is 9.24. The summed E-state index contributed by atoms with van der Waals surface area (Å²) < 4.78 is 0. The third kappa shape index (κ3) is 26.8. The molecular weight excluding hydrogens is 117 g/mol. The Bertz CT molecular complexity index is 48.2. The van der Waals surface area contributed by atoms with Crippen LogP contribution in [0.2, 0.25) is 0 Å². The normalized spacial score (nSPS) is 6.14. The molecule has 0 aromatic heterocycles. The van der Waals surface area contributed by atoms with Gasteiger partial charge in [0.25, 0.3) is 0 Å². The van der Waals surface area contributed by atoms with Crippen LogP contribution in [0.15, 0.2) is 0 Å². The minimum absolute atomic E-state index is 0.306. The third-order valence-corrected chi connectivity index (χ3v) is 0.343. The second kappa shape index (κ2) is 9.21. The molecule has 0 spiro atoms. The Morgan fingerprint density at radius 2 is 2.00 bits per heavy atom. The minimum atomic E-state index is -0.980. The fourth-order valence-corrected chi connectivity index (χ4v) is 0. The summed E-state index contributed by atoms with van der Waals surface area (Å²) in [4.78, 5) is 9.24. The first-order valence-electron chi connectivity index (χ1n) is 1.63. The van der Waals surface area contributed by atoms with Gasteiger partial charge >= 0.3 is 5.97 Å². The molecule has 0 atom stereocenters. The van der Waals surface area contributed by atoms with Gasteiger partial charge in [0, 0.05) is 0 Å². The van der Waals surface area contributed by atoms with Crippen LogP contribution in [-0.2, 0) is 4.79 Å². The molecule has 0 unspecified atom stereocenters. The van der Waals surface area contributed by atoms with Crippen LogP contribution < -0.4 is 5.73 Å². The molecule has 44 valence electrons. The Kier molecular flexibility index (Phi) is 13.0. The standard InChI is InChI=1S/C2H3ClO2.CH5N/c3-1-2(4)5;1-2/h1H2,(H,4,5);2H2,1H3. The highest BCUT2D eigenvalue weighted by Gasteiger charge is 1.83. The van der Waals surface area contributed by atoms with Crippen molar-refractivity contribution in [2.45, 2.75) is 0 Å². The molecule has 0 saturated carbocycles. The van der Waals surface area contributed by atoms with Gasteiger partial charge in [-0.25, -0.2) is 0 Å². The van der Waals surface area contributed by atoms with E-state index in [0.717, 1.165) is 0 Å². The number of carboxylic acids is 1. The molecule has 0 aromatic rings. The fraction of sp³-hybridized carbons (Fsp3) is 0.667. The Balaban J connectivity index is 0. The van der Waals surface area contributed by atoms with Crippen molar-refractivity contribution in [3.63, 3.8) is 0 Å². The molecule has 4 heteroatoms. The van der Waals surface area contributed by atoms with Crippen molar-refractivity contribution in [3.05, 3.63) is 0 Å². The lowest BCUT2D eigenvalue weighted by molar-refractivity contribution is -0.134. The van der Waals surface area contributed by atoms with Crippen LogP contribution in [-0.4, -0.2) is 24.0 Å². The van der Waals surface area contributed by atoms with Gasteiger partial charge in [-0.3, -0.25) is 4.79 Å². The van der Waals surface area contributed by atoms with Gasteiger partial charge in [0.05, 0.1) is 0 Å². The molecule has 0 saturated heterocycles. The van der Waals surface area contributed by atoms with Gasteiger partial charge in [-0.05, 0) is 7.05 Å². The monoisotopic (exact) mass is 125 g/mol. The fourth-order valence-electron chi connectivity index (χ4n) is 0. The first kappa shape index (κ1) is 9.87. The summed E-state index contributed by atoms with van der Waals surface area (Å²) in [5.74, 6) is -1.29. The smallest absolute Gasteiger partial charge is 0.318 e. The Hall–Kier alpha value is -0.280. The van der Waals surface area contributed by atoms with Crippen LogP contribution in [0.25, 0.3) is 0 Å². The van der Waals surface area contributed by atoms with E-state index in [0.29, 0.717) is 0 Å². The number of alkyl halides is 1. The first-order valence-corrected chi connectivity index (χ1v) is 2.16. The van der Waals surface area contributed by atoms with Crippen molar-refractivity contribution in [1.82, 2.24) is 0 Å². The number of aliphatic carboxylic acids is 1. The van der Waals surface area contributed by atoms with E-state index >= 15 is 0 Å². The molecule has 0 aliphatic carbocycles. The molecule has 0 aromatic carbocycles. The van der Waals surface area contributed by atoms with Crippen molar-refractivity contribution in [2.24, 2.45) is 5.73 Å². The van der Waals surface area contributed by atoms with Crippen molar-refractivity contribution in [2.75, 3.05) is 12.9 Å². The van der Waals surface area contributed by atoms with Gasteiger partial charge in [-0.2, -0.15) is 0 Å². The third-order valence-electron chi connectivity index (χ3n) is 0.114. The molecule has 3 nitrogen and oxygen atoms in total. The van der Waals surface area contributed by atoms with Crippen LogP contribution in [0.4, 0.5) is 0 Å². The van der Waals surface area contributed by atoms with E-state index < -0.39 is 5.97 Å².